The smallest absolute Gasteiger partial charge is 0.201 e. The molecule has 3 heterocycles. The SMILES string of the molecule is CCCS(=O)Nc1ccc(F)c(C(=O)c2c[nH]c3ncc(-c4c(C)noc4C)cc23)c1F. The summed E-state index contributed by atoms with van der Waals surface area (Å²) in [5.41, 5.74) is 1.58. The van der Waals surface area contributed by atoms with Crippen molar-refractivity contribution < 1.29 is 22.3 Å². The molecule has 4 rings (SSSR count). The number of nitrogens with one attached hydrogen (secondary N) is 2. The van der Waals surface area contributed by atoms with Crippen molar-refractivity contribution in [2.24, 2.45) is 0 Å². The van der Waals surface area contributed by atoms with Crippen LogP contribution < -0.4 is 4.72 Å². The lowest BCUT2D eigenvalue weighted by Gasteiger charge is -2.10. The number of aryl methyl sites for hydroxylation is 2. The maximum atomic E-state index is 15.1. The summed E-state index contributed by atoms with van der Waals surface area (Å²) >= 11 is 0. The second kappa shape index (κ2) is 8.62. The molecule has 0 saturated carbocycles. The fourth-order valence-corrected chi connectivity index (χ4v) is 4.43. The summed E-state index contributed by atoms with van der Waals surface area (Å²) in [6.07, 6.45) is 3.59. The largest absolute Gasteiger partial charge is 0.361 e. The number of benzene rings is 1. The zero-order valence-electron chi connectivity index (χ0n) is 17.6. The highest BCUT2D eigenvalue weighted by molar-refractivity contribution is 7.86. The first-order valence-electron chi connectivity index (χ1n) is 9.89. The molecule has 0 spiro atoms. The van der Waals surface area contributed by atoms with Crippen LogP contribution in [0.15, 0.2) is 35.1 Å². The molecule has 3 aromatic heterocycles. The van der Waals surface area contributed by atoms with Gasteiger partial charge in [0.25, 0.3) is 0 Å². The normalized spacial score (nSPS) is 12.3. The topological polar surface area (TPSA) is 101 Å². The van der Waals surface area contributed by atoms with Gasteiger partial charge >= 0.3 is 0 Å². The maximum absolute atomic E-state index is 15.1. The number of rotatable bonds is 7. The lowest BCUT2D eigenvalue weighted by atomic mass is 9.99. The van der Waals surface area contributed by atoms with E-state index in [0.29, 0.717) is 40.2 Å². The van der Waals surface area contributed by atoms with Gasteiger partial charge in [-0.05, 0) is 38.5 Å². The molecule has 166 valence electrons. The monoisotopic (exact) mass is 458 g/mol. The molecular formula is C22H20F2N4O3S. The Labute approximate surface area is 184 Å². The van der Waals surface area contributed by atoms with Crippen LogP contribution in [-0.2, 0) is 11.0 Å². The summed E-state index contributed by atoms with van der Waals surface area (Å²) in [5.74, 6) is -2.08. The van der Waals surface area contributed by atoms with Crippen molar-refractivity contribution in [3.63, 3.8) is 0 Å². The van der Waals surface area contributed by atoms with Crippen LogP contribution in [0.25, 0.3) is 22.2 Å². The van der Waals surface area contributed by atoms with Gasteiger partial charge in [-0.3, -0.25) is 4.79 Å². The fourth-order valence-electron chi connectivity index (χ4n) is 3.56. The van der Waals surface area contributed by atoms with Crippen LogP contribution in [0, 0.1) is 25.5 Å². The van der Waals surface area contributed by atoms with Crippen molar-refractivity contribution in [3.8, 4) is 11.1 Å². The average Bonchev–Trinajstić information content (AvgIpc) is 3.32. The summed E-state index contributed by atoms with van der Waals surface area (Å²) in [4.78, 5) is 20.4. The summed E-state index contributed by atoms with van der Waals surface area (Å²) < 4.78 is 49.3. The number of fused-ring (bicyclic) bond motifs is 1. The second-order valence-corrected chi connectivity index (χ2v) is 8.59. The van der Waals surface area contributed by atoms with Crippen molar-refractivity contribution in [3.05, 3.63) is 64.8 Å². The molecule has 1 unspecified atom stereocenters. The van der Waals surface area contributed by atoms with Crippen molar-refractivity contribution in [2.75, 3.05) is 10.5 Å². The Balaban J connectivity index is 1.79. The minimum Gasteiger partial charge on any atom is -0.361 e. The predicted molar refractivity (Wildman–Crippen MR) is 118 cm³/mol. The Morgan fingerprint density at radius 3 is 2.75 bits per heavy atom. The van der Waals surface area contributed by atoms with Crippen LogP contribution in [0.2, 0.25) is 0 Å². The Kier molecular flexibility index (Phi) is 5.88. The van der Waals surface area contributed by atoms with Gasteiger partial charge in [-0.2, -0.15) is 0 Å². The number of aromatic amines is 1. The Morgan fingerprint density at radius 2 is 2.06 bits per heavy atom. The number of halogens is 2. The van der Waals surface area contributed by atoms with Gasteiger partial charge in [-0.1, -0.05) is 12.1 Å². The average molecular weight is 458 g/mol. The summed E-state index contributed by atoms with van der Waals surface area (Å²) in [6, 6.07) is 3.80. The van der Waals surface area contributed by atoms with Crippen LogP contribution in [-0.4, -0.2) is 30.9 Å². The molecular weight excluding hydrogens is 438 g/mol. The molecule has 32 heavy (non-hydrogen) atoms. The lowest BCUT2D eigenvalue weighted by Crippen LogP contribution is -2.13. The zero-order chi connectivity index (χ0) is 23.0. The van der Waals surface area contributed by atoms with E-state index < -0.39 is 34.0 Å². The Morgan fingerprint density at radius 1 is 1.28 bits per heavy atom. The van der Waals surface area contributed by atoms with Gasteiger partial charge in [0.05, 0.1) is 16.9 Å². The molecule has 0 radical (unpaired) electrons. The summed E-state index contributed by atoms with van der Waals surface area (Å²) in [5, 5.41) is 4.33. The molecule has 10 heteroatoms. The molecule has 1 atom stereocenters. The molecule has 0 bridgehead atoms. The Hall–Kier alpha value is -3.40. The van der Waals surface area contributed by atoms with Crippen LogP contribution in [0.1, 0.15) is 40.7 Å². The number of carbonyl (C=O) groups is 1. The van der Waals surface area contributed by atoms with Crippen LogP contribution >= 0.6 is 0 Å². The van der Waals surface area contributed by atoms with E-state index in [1.165, 1.54) is 6.20 Å². The van der Waals surface area contributed by atoms with Crippen LogP contribution in [0.4, 0.5) is 14.5 Å². The second-order valence-electron chi connectivity index (χ2n) is 7.29. The van der Waals surface area contributed by atoms with E-state index in [0.717, 1.165) is 17.7 Å². The first kappa shape index (κ1) is 21.8. The number of anilines is 1. The van der Waals surface area contributed by atoms with E-state index in [4.69, 9.17) is 4.52 Å². The molecule has 0 fully saturated rings. The third-order valence-corrected chi connectivity index (χ3v) is 6.26. The van der Waals surface area contributed by atoms with Gasteiger partial charge in [-0.15, -0.1) is 0 Å². The zero-order valence-corrected chi connectivity index (χ0v) is 18.4. The number of hydrogen-bond acceptors (Lipinski definition) is 5. The van der Waals surface area contributed by atoms with E-state index in [1.807, 2.05) is 6.92 Å². The van der Waals surface area contributed by atoms with E-state index in [2.05, 4.69) is 19.8 Å². The first-order chi connectivity index (χ1) is 15.3. The van der Waals surface area contributed by atoms with Crippen LogP contribution in [0.3, 0.4) is 0 Å². The summed E-state index contributed by atoms with van der Waals surface area (Å²) in [6.45, 7) is 5.37. The van der Waals surface area contributed by atoms with E-state index in [-0.39, 0.29) is 11.3 Å². The third kappa shape index (κ3) is 3.81. The number of pyridine rings is 1. The number of hydrogen-bond donors (Lipinski definition) is 2. The highest BCUT2D eigenvalue weighted by atomic mass is 32.2. The third-order valence-electron chi connectivity index (χ3n) is 5.03. The molecule has 4 aromatic rings. The number of ketones is 1. The van der Waals surface area contributed by atoms with Gasteiger partial charge in [0, 0.05) is 40.2 Å². The molecule has 2 N–H and O–H groups in total. The van der Waals surface area contributed by atoms with E-state index >= 15 is 4.39 Å². The number of nitrogens with zero attached hydrogens (tertiary/aromatic N) is 2. The quantitative estimate of drug-likeness (QED) is 0.386. The van der Waals surface area contributed by atoms with Crippen molar-refractivity contribution in [2.45, 2.75) is 27.2 Å². The van der Waals surface area contributed by atoms with Crippen molar-refractivity contribution in [1.82, 2.24) is 15.1 Å². The summed E-state index contributed by atoms with van der Waals surface area (Å²) in [7, 11) is -1.55. The molecule has 0 amide bonds. The Bertz CT molecular complexity index is 1340. The van der Waals surface area contributed by atoms with Gasteiger partial charge in [0.15, 0.2) is 5.82 Å². The highest BCUT2D eigenvalue weighted by Crippen LogP contribution is 2.31. The highest BCUT2D eigenvalue weighted by Gasteiger charge is 2.25. The van der Waals surface area contributed by atoms with Gasteiger partial charge in [-0.25, -0.2) is 18.0 Å². The fraction of sp³-hybridized carbons (Fsp3) is 0.227. The maximum Gasteiger partial charge on any atom is 0.201 e. The minimum atomic E-state index is -1.55. The molecule has 0 aliphatic rings. The van der Waals surface area contributed by atoms with Crippen molar-refractivity contribution >= 4 is 33.5 Å². The predicted octanol–water partition coefficient (Wildman–Crippen LogP) is 4.83. The number of carbonyl (C=O) groups excluding carboxylic acids is 1. The van der Waals surface area contributed by atoms with Crippen molar-refractivity contribution in [1.29, 1.82) is 0 Å². The van der Waals surface area contributed by atoms with Crippen LogP contribution in [0.5, 0.6) is 0 Å². The molecule has 0 aliphatic carbocycles. The number of H-pyrrole nitrogens is 1. The minimum absolute atomic E-state index is 0.0609. The molecule has 7 nitrogen and oxygen atoms in total. The first-order valence-corrected chi connectivity index (χ1v) is 11.2. The molecule has 1 aromatic carbocycles. The molecule has 0 saturated heterocycles. The van der Waals surface area contributed by atoms with E-state index in [9.17, 15) is 13.4 Å². The van der Waals surface area contributed by atoms with Gasteiger partial charge in [0.2, 0.25) is 5.78 Å². The standard InChI is InChI=1S/C22H20F2N4O3S/c1-4-7-32(30)28-17-6-5-16(23)19(20(17)24)21(29)15-10-26-22-14(15)8-13(9-25-22)18-11(2)27-31-12(18)3/h5-6,8-10,28H,4,7H2,1-3H3,(H,25,26). The van der Waals surface area contributed by atoms with Gasteiger partial charge < -0.3 is 14.2 Å². The molecule has 0 aliphatic heterocycles. The number of aromatic nitrogens is 3. The van der Waals surface area contributed by atoms with Gasteiger partial charge in [0.1, 0.15) is 28.2 Å². The van der Waals surface area contributed by atoms with E-state index in [1.54, 1.807) is 26.1 Å². The lowest BCUT2D eigenvalue weighted by molar-refractivity contribution is 0.103.